The van der Waals surface area contributed by atoms with Crippen LogP contribution in [0.3, 0.4) is 0 Å². The highest BCUT2D eigenvalue weighted by molar-refractivity contribution is 5.05. The first kappa shape index (κ1) is 34.1. The van der Waals surface area contributed by atoms with Crippen LogP contribution in [-0.2, 0) is 9.47 Å². The monoisotopic (exact) mass is 606 g/mol. The molecule has 0 radical (unpaired) electrons. The second-order valence-corrected chi connectivity index (χ2v) is 10.5. The Hall–Kier alpha value is -1.10. The lowest BCUT2D eigenvalue weighted by atomic mass is 9.78. The van der Waals surface area contributed by atoms with E-state index >= 15 is 0 Å². The van der Waals surface area contributed by atoms with Crippen molar-refractivity contribution in [1.29, 1.82) is 0 Å². The fourth-order valence-electron chi connectivity index (χ4n) is 5.56. The number of ether oxygens (including phenoxy) is 2. The first-order valence-corrected chi connectivity index (χ1v) is 11.9. The van der Waals surface area contributed by atoms with Gasteiger partial charge in [-0.25, -0.2) is 22.0 Å². The second kappa shape index (κ2) is 11.0. The molecule has 2 aliphatic rings. The number of rotatable bonds is 12. The first-order chi connectivity index (χ1) is 17.3. The average molecular weight is 606 g/mol. The van der Waals surface area contributed by atoms with Gasteiger partial charge in [-0.05, 0) is 56.8 Å². The summed E-state index contributed by atoms with van der Waals surface area (Å²) in [5.74, 6) is -12.9. The van der Waals surface area contributed by atoms with Crippen LogP contribution in [0, 0.1) is 17.8 Å². The molecule has 39 heavy (non-hydrogen) atoms. The van der Waals surface area contributed by atoms with E-state index in [0.717, 1.165) is 6.92 Å². The highest BCUT2D eigenvalue weighted by Crippen LogP contribution is 2.57. The summed E-state index contributed by atoms with van der Waals surface area (Å²) in [6.45, 7) is -0.763. The molecule has 2 bridgehead atoms. The maximum atomic E-state index is 14.8. The van der Waals surface area contributed by atoms with Crippen LogP contribution >= 0.6 is 0 Å². The van der Waals surface area contributed by atoms with Crippen LogP contribution in [-0.4, -0.2) is 65.8 Å². The Bertz CT molecular complexity index is 805. The van der Waals surface area contributed by atoms with E-state index in [1.54, 1.807) is 0 Å². The van der Waals surface area contributed by atoms with Crippen molar-refractivity contribution in [3.8, 4) is 0 Å². The van der Waals surface area contributed by atoms with Crippen LogP contribution in [0.25, 0.3) is 0 Å². The predicted octanol–water partition coefficient (Wildman–Crippen LogP) is 7.76. The van der Waals surface area contributed by atoms with Gasteiger partial charge in [0.15, 0.2) is 0 Å². The molecule has 3 nitrogen and oxygen atoms in total. The average Bonchev–Trinajstić information content (AvgIpc) is 3.28. The van der Waals surface area contributed by atoms with E-state index in [1.165, 1.54) is 0 Å². The molecule has 2 fully saturated rings. The number of halogens is 14. The maximum Gasteiger partial charge on any atom is 0.426 e. The largest absolute Gasteiger partial charge is 0.426 e. The van der Waals surface area contributed by atoms with Crippen molar-refractivity contribution in [2.45, 2.75) is 113 Å². The summed E-state index contributed by atoms with van der Waals surface area (Å²) >= 11 is 0. The van der Waals surface area contributed by atoms with E-state index in [1.807, 2.05) is 0 Å². The summed E-state index contributed by atoms with van der Waals surface area (Å²) in [4.78, 5) is 0. The Balaban J connectivity index is 2.26. The number of aliphatic hydroxyl groups is 1. The van der Waals surface area contributed by atoms with Crippen molar-refractivity contribution in [2.24, 2.45) is 17.8 Å². The third-order valence-corrected chi connectivity index (χ3v) is 7.51. The molecule has 0 aromatic carbocycles. The topological polar surface area (TPSA) is 38.7 Å². The molecule has 0 aliphatic heterocycles. The van der Waals surface area contributed by atoms with Gasteiger partial charge in [-0.3, -0.25) is 0 Å². The molecule has 2 rings (SSSR count). The fraction of sp³-hybridized carbons (Fsp3) is 1.00. The molecule has 17 heteroatoms. The lowest BCUT2D eigenvalue weighted by molar-refractivity contribution is -0.378. The second-order valence-electron chi connectivity index (χ2n) is 10.5. The summed E-state index contributed by atoms with van der Waals surface area (Å²) < 4.78 is 200. The molecular formula is C22H28F14O3. The molecule has 0 heterocycles. The molecule has 0 aromatic heterocycles. The lowest BCUT2D eigenvalue weighted by Crippen LogP contribution is -2.63. The van der Waals surface area contributed by atoms with Crippen LogP contribution < -0.4 is 0 Å². The third kappa shape index (κ3) is 7.04. The molecule has 2 saturated carbocycles. The van der Waals surface area contributed by atoms with Crippen molar-refractivity contribution in [1.82, 2.24) is 0 Å². The third-order valence-electron chi connectivity index (χ3n) is 7.51. The number of alkyl halides is 14. The zero-order valence-electron chi connectivity index (χ0n) is 20.6. The molecule has 0 saturated heterocycles. The maximum absolute atomic E-state index is 14.8. The number of fused-ring (bicyclic) bond motifs is 2. The SMILES string of the molecule is CCC(F)CC(OCOC1CC2CC(CC(O)(C(F)(F)F)C(F)(F)F)C1C2)(C(F)(F)F)C(F)(F)CC(C)(F)F. The van der Waals surface area contributed by atoms with Gasteiger partial charge in [-0.1, -0.05) is 6.92 Å². The van der Waals surface area contributed by atoms with Crippen molar-refractivity contribution < 1.29 is 76.0 Å². The summed E-state index contributed by atoms with van der Waals surface area (Å²) in [7, 11) is 0. The minimum Gasteiger partial charge on any atom is -0.374 e. The lowest BCUT2D eigenvalue weighted by Gasteiger charge is -2.43. The fourth-order valence-corrected chi connectivity index (χ4v) is 5.56. The highest BCUT2D eigenvalue weighted by atomic mass is 19.4. The van der Waals surface area contributed by atoms with E-state index < -0.39 is 104 Å². The van der Waals surface area contributed by atoms with Gasteiger partial charge < -0.3 is 14.6 Å². The standard InChI is InChI=1S/C22H28F14O3/c1-3-13(23)8-18(22(34,35)36,19(26,27)9-16(2,24)25)39-10-38-15-6-11-4-12(14(15)5-11)7-17(37,20(28,29)30)21(31,32)33/h11-15,37H,3-10H2,1-2H3. The van der Waals surface area contributed by atoms with Gasteiger partial charge in [0, 0.05) is 6.42 Å². The molecular weight excluding hydrogens is 578 g/mol. The molecule has 2 aliphatic carbocycles. The summed E-state index contributed by atoms with van der Waals surface area (Å²) in [5.41, 5.74) is -9.86. The predicted molar refractivity (Wildman–Crippen MR) is 106 cm³/mol. The molecule has 6 atom stereocenters. The Kier molecular flexibility index (Phi) is 9.58. The number of hydrogen-bond donors (Lipinski definition) is 1. The smallest absolute Gasteiger partial charge is 0.374 e. The van der Waals surface area contributed by atoms with Gasteiger partial charge in [0.25, 0.3) is 17.4 Å². The molecule has 0 amide bonds. The van der Waals surface area contributed by atoms with Crippen LogP contribution in [0.1, 0.15) is 58.8 Å². The summed E-state index contributed by atoms with van der Waals surface area (Å²) in [6, 6.07) is 0. The van der Waals surface area contributed by atoms with Crippen LogP contribution in [0.15, 0.2) is 0 Å². The molecule has 0 spiro atoms. The molecule has 1 N–H and O–H groups in total. The van der Waals surface area contributed by atoms with Crippen molar-refractivity contribution in [3.05, 3.63) is 0 Å². The van der Waals surface area contributed by atoms with Crippen LogP contribution in [0.2, 0.25) is 0 Å². The quantitative estimate of drug-likeness (QED) is 0.182. The molecule has 0 aromatic rings. The summed E-state index contributed by atoms with van der Waals surface area (Å²) in [6.07, 6.45) is -29.8. The minimum atomic E-state index is -6.10. The van der Waals surface area contributed by atoms with Gasteiger partial charge in [-0.15, -0.1) is 0 Å². The van der Waals surface area contributed by atoms with Crippen LogP contribution in [0.5, 0.6) is 0 Å². The van der Waals surface area contributed by atoms with E-state index in [0.29, 0.717) is 0 Å². The van der Waals surface area contributed by atoms with Crippen molar-refractivity contribution in [3.63, 3.8) is 0 Å². The molecule has 232 valence electrons. The van der Waals surface area contributed by atoms with E-state index in [9.17, 15) is 66.6 Å². The van der Waals surface area contributed by atoms with Gasteiger partial charge in [-0.2, -0.15) is 39.5 Å². The van der Waals surface area contributed by atoms with Gasteiger partial charge >= 0.3 is 18.5 Å². The van der Waals surface area contributed by atoms with E-state index in [4.69, 9.17) is 4.74 Å². The first-order valence-electron chi connectivity index (χ1n) is 11.9. The van der Waals surface area contributed by atoms with Gasteiger partial charge in [0.05, 0.1) is 12.5 Å². The highest BCUT2D eigenvalue weighted by Gasteiger charge is 2.73. The normalized spacial score (nSPS) is 27.6. The Morgan fingerprint density at radius 3 is 1.77 bits per heavy atom. The van der Waals surface area contributed by atoms with Gasteiger partial charge in [0.1, 0.15) is 13.0 Å². The van der Waals surface area contributed by atoms with Crippen molar-refractivity contribution in [2.75, 3.05) is 6.79 Å². The van der Waals surface area contributed by atoms with Crippen LogP contribution in [0.4, 0.5) is 61.5 Å². The minimum absolute atomic E-state index is 0.0217. The number of hydrogen-bond acceptors (Lipinski definition) is 3. The molecule has 6 unspecified atom stereocenters. The Morgan fingerprint density at radius 1 is 0.821 bits per heavy atom. The van der Waals surface area contributed by atoms with E-state index in [2.05, 4.69) is 4.74 Å². The Labute approximate surface area is 214 Å². The summed E-state index contributed by atoms with van der Waals surface area (Å²) in [5, 5.41) is 9.50. The zero-order valence-corrected chi connectivity index (χ0v) is 20.6. The van der Waals surface area contributed by atoms with E-state index in [-0.39, 0.29) is 26.2 Å². The zero-order chi connectivity index (χ0) is 30.5. The van der Waals surface area contributed by atoms with Gasteiger partial charge in [0.2, 0.25) is 5.60 Å². The van der Waals surface area contributed by atoms with Crippen molar-refractivity contribution >= 4 is 0 Å². The Morgan fingerprint density at radius 2 is 1.36 bits per heavy atom.